The summed E-state index contributed by atoms with van der Waals surface area (Å²) in [4.78, 5) is 18.1. The van der Waals surface area contributed by atoms with Gasteiger partial charge in [0, 0.05) is 50.0 Å². The zero-order valence-electron chi connectivity index (χ0n) is 17.5. The van der Waals surface area contributed by atoms with Gasteiger partial charge in [-0.25, -0.2) is 0 Å². The Balaban J connectivity index is 1.75. The minimum Gasteiger partial charge on any atom is -0.383 e. The van der Waals surface area contributed by atoms with Gasteiger partial charge in [-0.05, 0) is 60.7 Å². The molecule has 2 N–H and O–H groups in total. The highest BCUT2D eigenvalue weighted by atomic mass is 32.1. The summed E-state index contributed by atoms with van der Waals surface area (Å²) in [5.74, 6) is -0.102. The van der Waals surface area contributed by atoms with Crippen LogP contribution in [0.5, 0.6) is 0 Å². The van der Waals surface area contributed by atoms with Crippen molar-refractivity contribution >= 4 is 34.6 Å². The van der Waals surface area contributed by atoms with Crippen LogP contribution in [0, 0.1) is 0 Å². The molecule has 1 aliphatic heterocycles. The van der Waals surface area contributed by atoms with Gasteiger partial charge in [-0.3, -0.25) is 9.78 Å². The largest absolute Gasteiger partial charge is 0.383 e. The van der Waals surface area contributed by atoms with Crippen LogP contribution in [0.4, 0.5) is 11.4 Å². The van der Waals surface area contributed by atoms with Crippen LogP contribution in [0.25, 0.3) is 0 Å². The van der Waals surface area contributed by atoms with E-state index in [4.69, 9.17) is 17.0 Å². The Morgan fingerprint density at radius 1 is 1.19 bits per heavy atom. The first-order valence-electron chi connectivity index (χ1n) is 10.1. The van der Waals surface area contributed by atoms with Gasteiger partial charge < -0.3 is 24.8 Å². The number of carbonyl (C=O) groups is 1. The summed E-state index contributed by atoms with van der Waals surface area (Å²) in [7, 11) is 1.70. The van der Waals surface area contributed by atoms with E-state index in [9.17, 15) is 4.79 Å². The van der Waals surface area contributed by atoms with Crippen LogP contribution in [-0.2, 0) is 16.1 Å². The molecule has 1 aromatic carbocycles. The average Bonchev–Trinajstić information content (AvgIpc) is 3.36. The number of pyridine rings is 1. The van der Waals surface area contributed by atoms with Crippen LogP contribution in [0.3, 0.4) is 0 Å². The van der Waals surface area contributed by atoms with Gasteiger partial charge in [-0.15, -0.1) is 0 Å². The first-order chi connectivity index (χ1) is 15.1. The minimum atomic E-state index is -0.111. The van der Waals surface area contributed by atoms with Gasteiger partial charge in [0.2, 0.25) is 5.91 Å². The van der Waals surface area contributed by atoms with Crippen molar-refractivity contribution in [3.8, 4) is 0 Å². The molecule has 1 amide bonds. The van der Waals surface area contributed by atoms with Crippen molar-refractivity contribution in [2.75, 3.05) is 23.9 Å². The van der Waals surface area contributed by atoms with E-state index in [1.54, 1.807) is 13.3 Å². The molecule has 0 saturated carbocycles. The molecular formula is C23H25N5O2S. The number of benzene rings is 1. The average molecular weight is 436 g/mol. The smallest absolute Gasteiger partial charge is 0.221 e. The number of methoxy groups -OCH3 is 1. The number of nitrogens with one attached hydrogen (secondary N) is 2. The van der Waals surface area contributed by atoms with Gasteiger partial charge in [0.1, 0.15) is 6.04 Å². The van der Waals surface area contributed by atoms with Gasteiger partial charge >= 0.3 is 0 Å². The number of carbonyl (C=O) groups excluding carboxylic acids is 1. The maximum atomic E-state index is 11.4. The molecule has 0 bridgehead atoms. The molecule has 1 saturated heterocycles. The molecular weight excluding hydrogens is 410 g/mol. The second kappa shape index (κ2) is 9.28. The van der Waals surface area contributed by atoms with Crippen LogP contribution in [0.2, 0.25) is 0 Å². The molecule has 3 heterocycles. The van der Waals surface area contributed by atoms with Crippen molar-refractivity contribution in [2.45, 2.75) is 25.6 Å². The second-order valence-corrected chi connectivity index (χ2v) is 7.73. The number of amides is 1. The molecule has 0 unspecified atom stereocenters. The lowest BCUT2D eigenvalue weighted by molar-refractivity contribution is -0.114. The molecule has 4 rings (SSSR count). The Kier molecular flexibility index (Phi) is 6.29. The number of rotatable bonds is 7. The van der Waals surface area contributed by atoms with E-state index in [1.807, 2.05) is 48.5 Å². The first-order valence-corrected chi connectivity index (χ1v) is 10.5. The van der Waals surface area contributed by atoms with Crippen molar-refractivity contribution in [2.24, 2.45) is 0 Å². The summed E-state index contributed by atoms with van der Waals surface area (Å²) < 4.78 is 7.49. The lowest BCUT2D eigenvalue weighted by Crippen LogP contribution is -2.30. The van der Waals surface area contributed by atoms with Gasteiger partial charge in [0.05, 0.1) is 18.3 Å². The Labute approximate surface area is 187 Å². The highest BCUT2D eigenvalue weighted by Gasteiger charge is 2.41. The Morgan fingerprint density at radius 2 is 2.00 bits per heavy atom. The van der Waals surface area contributed by atoms with Crippen molar-refractivity contribution < 1.29 is 9.53 Å². The first kappa shape index (κ1) is 21.0. The molecule has 31 heavy (non-hydrogen) atoms. The standard InChI is InChI=1S/C23H25N5O2S/c1-16(29)25-17-8-10-18(11-9-17)28-22(20-7-5-13-27(20)14-15-30-2)21(26-23(28)31)19-6-3-4-12-24-19/h3-13,21-22H,14-15H2,1-2H3,(H,25,29)(H,26,31)/t21-,22-/m0/s1. The van der Waals surface area contributed by atoms with Crippen LogP contribution in [-0.4, -0.2) is 34.3 Å². The lowest BCUT2D eigenvalue weighted by Gasteiger charge is -2.29. The van der Waals surface area contributed by atoms with Crippen LogP contribution >= 0.6 is 12.2 Å². The maximum absolute atomic E-state index is 11.4. The molecule has 2 aromatic heterocycles. The molecule has 8 heteroatoms. The van der Waals surface area contributed by atoms with Crippen molar-refractivity contribution in [1.82, 2.24) is 14.9 Å². The van der Waals surface area contributed by atoms with E-state index < -0.39 is 0 Å². The number of nitrogens with zero attached hydrogens (tertiary/aromatic N) is 3. The summed E-state index contributed by atoms with van der Waals surface area (Å²) in [6.45, 7) is 2.85. The Bertz CT molecular complexity index is 1050. The molecule has 1 aliphatic rings. The third kappa shape index (κ3) is 4.45. The molecule has 160 valence electrons. The number of hydrogen-bond acceptors (Lipinski definition) is 4. The normalized spacial score (nSPS) is 18.1. The summed E-state index contributed by atoms with van der Waals surface area (Å²) in [6.07, 6.45) is 3.86. The third-order valence-electron chi connectivity index (χ3n) is 5.27. The van der Waals surface area contributed by atoms with E-state index in [-0.39, 0.29) is 18.0 Å². The summed E-state index contributed by atoms with van der Waals surface area (Å²) in [5.41, 5.74) is 3.72. The topological polar surface area (TPSA) is 71.4 Å². The van der Waals surface area contributed by atoms with Gasteiger partial charge in [0.15, 0.2) is 5.11 Å². The molecule has 0 radical (unpaired) electrons. The van der Waals surface area contributed by atoms with Crippen molar-refractivity contribution in [3.05, 3.63) is 78.4 Å². The number of thiocarbonyl (C=S) groups is 1. The quantitative estimate of drug-likeness (QED) is 0.552. The number of anilines is 2. The van der Waals surface area contributed by atoms with Crippen molar-refractivity contribution in [1.29, 1.82) is 0 Å². The zero-order valence-corrected chi connectivity index (χ0v) is 18.3. The third-order valence-corrected chi connectivity index (χ3v) is 5.58. The highest BCUT2D eigenvalue weighted by Crippen LogP contribution is 2.41. The lowest BCUT2D eigenvalue weighted by atomic mass is 10.0. The molecule has 2 atom stereocenters. The van der Waals surface area contributed by atoms with Crippen LogP contribution < -0.4 is 15.5 Å². The predicted octanol–water partition coefficient (Wildman–Crippen LogP) is 3.67. The second-order valence-electron chi connectivity index (χ2n) is 7.34. The van der Waals surface area contributed by atoms with Crippen molar-refractivity contribution in [3.63, 3.8) is 0 Å². The molecule has 0 aliphatic carbocycles. The SMILES string of the molecule is COCCn1cccc1[C@H]1[C@H](c2ccccn2)NC(=S)N1c1ccc(NC(C)=O)cc1. The van der Waals surface area contributed by atoms with E-state index in [2.05, 4.69) is 37.3 Å². The fourth-order valence-electron chi connectivity index (χ4n) is 3.93. The number of ether oxygens (including phenoxy) is 1. The van der Waals surface area contributed by atoms with Crippen LogP contribution in [0.15, 0.2) is 67.0 Å². The van der Waals surface area contributed by atoms with E-state index in [1.165, 1.54) is 6.92 Å². The Morgan fingerprint density at radius 3 is 2.68 bits per heavy atom. The number of hydrogen-bond donors (Lipinski definition) is 2. The number of aromatic nitrogens is 2. The highest BCUT2D eigenvalue weighted by molar-refractivity contribution is 7.80. The fraction of sp³-hybridized carbons (Fsp3) is 0.261. The monoisotopic (exact) mass is 435 g/mol. The minimum absolute atomic E-state index is 0.0964. The molecule has 0 spiro atoms. The Hall–Kier alpha value is -3.23. The maximum Gasteiger partial charge on any atom is 0.221 e. The summed E-state index contributed by atoms with van der Waals surface area (Å²) in [6, 6.07) is 17.6. The molecule has 3 aromatic rings. The van der Waals surface area contributed by atoms with E-state index >= 15 is 0 Å². The van der Waals surface area contributed by atoms with Gasteiger partial charge in [0.25, 0.3) is 0 Å². The fourth-order valence-corrected chi connectivity index (χ4v) is 4.28. The van der Waals surface area contributed by atoms with Crippen LogP contribution in [0.1, 0.15) is 30.4 Å². The molecule has 1 fully saturated rings. The summed E-state index contributed by atoms with van der Waals surface area (Å²) in [5, 5.41) is 6.91. The van der Waals surface area contributed by atoms with E-state index in [0.717, 1.165) is 29.3 Å². The zero-order chi connectivity index (χ0) is 21.8. The summed E-state index contributed by atoms with van der Waals surface area (Å²) >= 11 is 5.77. The molecule has 7 nitrogen and oxygen atoms in total. The van der Waals surface area contributed by atoms with Gasteiger partial charge in [-0.2, -0.15) is 0 Å². The predicted molar refractivity (Wildman–Crippen MR) is 125 cm³/mol. The van der Waals surface area contributed by atoms with E-state index in [0.29, 0.717) is 11.7 Å². The van der Waals surface area contributed by atoms with Gasteiger partial charge in [-0.1, -0.05) is 6.07 Å².